The van der Waals surface area contributed by atoms with E-state index in [4.69, 9.17) is 9.84 Å². The quantitative estimate of drug-likeness (QED) is 0.806. The van der Waals surface area contributed by atoms with E-state index in [0.29, 0.717) is 13.2 Å². The second kappa shape index (κ2) is 6.38. The van der Waals surface area contributed by atoms with Crippen LogP contribution in [-0.4, -0.2) is 66.5 Å². The van der Waals surface area contributed by atoms with Gasteiger partial charge in [-0.05, 0) is 19.8 Å². The van der Waals surface area contributed by atoms with Gasteiger partial charge in [0.25, 0.3) is 10.2 Å². The number of carboxylic acid groups (broad SMARTS) is 1. The molecule has 0 saturated carbocycles. The van der Waals surface area contributed by atoms with Gasteiger partial charge < -0.3 is 9.84 Å². The van der Waals surface area contributed by atoms with Crippen molar-refractivity contribution in [3.05, 3.63) is 0 Å². The van der Waals surface area contributed by atoms with Crippen molar-refractivity contribution >= 4 is 16.2 Å². The first-order valence-corrected chi connectivity index (χ1v) is 8.41. The molecule has 8 heteroatoms. The minimum absolute atomic E-state index is 0.0259. The first kappa shape index (κ1) is 15.7. The predicted molar refractivity (Wildman–Crippen MR) is 72.5 cm³/mol. The first-order valence-electron chi connectivity index (χ1n) is 7.01. The van der Waals surface area contributed by atoms with Crippen LogP contribution >= 0.6 is 0 Å². The molecular formula is C12H22N2O5S. The molecule has 2 fully saturated rings. The molecule has 2 unspecified atom stereocenters. The van der Waals surface area contributed by atoms with Crippen molar-refractivity contribution in [2.24, 2.45) is 0 Å². The summed E-state index contributed by atoms with van der Waals surface area (Å²) in [5.41, 5.74) is 0. The van der Waals surface area contributed by atoms with Crippen LogP contribution in [0.1, 0.15) is 32.6 Å². The Morgan fingerprint density at radius 1 is 1.30 bits per heavy atom. The third-order valence-corrected chi connectivity index (χ3v) is 6.13. The van der Waals surface area contributed by atoms with Crippen LogP contribution in [0.15, 0.2) is 0 Å². The van der Waals surface area contributed by atoms with Crippen LogP contribution in [0.25, 0.3) is 0 Å². The zero-order chi connectivity index (χ0) is 14.8. The predicted octanol–water partition coefficient (Wildman–Crippen LogP) is 0.281. The lowest BCUT2D eigenvalue weighted by Crippen LogP contribution is -2.56. The highest BCUT2D eigenvalue weighted by atomic mass is 32.2. The molecule has 0 aromatic rings. The molecular weight excluding hydrogens is 284 g/mol. The summed E-state index contributed by atoms with van der Waals surface area (Å²) in [6, 6.07) is -0.637. The third-order valence-electron chi connectivity index (χ3n) is 3.92. The topological polar surface area (TPSA) is 87.2 Å². The highest BCUT2D eigenvalue weighted by Crippen LogP contribution is 2.25. The molecule has 2 aliphatic heterocycles. The smallest absolute Gasteiger partial charge is 0.305 e. The largest absolute Gasteiger partial charge is 0.481 e. The lowest BCUT2D eigenvalue weighted by molar-refractivity contribution is -0.139. The molecule has 116 valence electrons. The number of piperidine rings is 1. The molecule has 0 aromatic heterocycles. The number of ether oxygens (including phenoxy) is 1. The standard InChI is InChI=1S/C12H22N2O5S/c1-10-4-2-3-5-13(10)20(17,18)14-6-7-19-9-11(14)8-12(15)16/h10-11H,2-9H2,1H3,(H,15,16). The highest BCUT2D eigenvalue weighted by molar-refractivity contribution is 7.86. The fourth-order valence-electron chi connectivity index (χ4n) is 2.85. The Kier molecular flexibility index (Phi) is 5.00. The van der Waals surface area contributed by atoms with Gasteiger partial charge in [-0.25, -0.2) is 0 Å². The van der Waals surface area contributed by atoms with Crippen molar-refractivity contribution in [2.45, 2.75) is 44.7 Å². The van der Waals surface area contributed by atoms with Crippen molar-refractivity contribution in [2.75, 3.05) is 26.3 Å². The molecule has 2 aliphatic rings. The van der Waals surface area contributed by atoms with Gasteiger partial charge in [0.05, 0.1) is 25.7 Å². The summed E-state index contributed by atoms with van der Waals surface area (Å²) >= 11 is 0. The molecule has 0 aromatic carbocycles. The summed E-state index contributed by atoms with van der Waals surface area (Å²) in [6.45, 7) is 3.11. The molecule has 0 spiro atoms. The van der Waals surface area contributed by atoms with Crippen LogP contribution in [-0.2, 0) is 19.7 Å². The Labute approximate surface area is 119 Å². The summed E-state index contributed by atoms with van der Waals surface area (Å²) in [5, 5.41) is 8.92. The lowest BCUT2D eigenvalue weighted by Gasteiger charge is -2.40. The van der Waals surface area contributed by atoms with Gasteiger partial charge >= 0.3 is 5.97 Å². The molecule has 2 atom stereocenters. The van der Waals surface area contributed by atoms with Crippen molar-refractivity contribution < 1.29 is 23.1 Å². The second-order valence-corrected chi connectivity index (χ2v) is 7.23. The number of morpholine rings is 1. The van der Waals surface area contributed by atoms with Crippen molar-refractivity contribution in [1.29, 1.82) is 0 Å². The molecule has 1 N–H and O–H groups in total. The van der Waals surface area contributed by atoms with E-state index in [1.54, 1.807) is 0 Å². The fraction of sp³-hybridized carbons (Fsp3) is 0.917. The number of rotatable bonds is 4. The molecule has 2 rings (SSSR count). The number of hydrogen-bond acceptors (Lipinski definition) is 4. The SMILES string of the molecule is CC1CCCCN1S(=O)(=O)N1CCOCC1CC(=O)O. The molecule has 7 nitrogen and oxygen atoms in total. The zero-order valence-corrected chi connectivity index (χ0v) is 12.5. The Morgan fingerprint density at radius 2 is 2.05 bits per heavy atom. The zero-order valence-electron chi connectivity index (χ0n) is 11.7. The van der Waals surface area contributed by atoms with Crippen LogP contribution in [0, 0.1) is 0 Å². The summed E-state index contributed by atoms with van der Waals surface area (Å²) in [4.78, 5) is 10.9. The van der Waals surface area contributed by atoms with Gasteiger partial charge in [-0.15, -0.1) is 0 Å². The maximum Gasteiger partial charge on any atom is 0.305 e. The van der Waals surface area contributed by atoms with Crippen LogP contribution in [0.5, 0.6) is 0 Å². The van der Waals surface area contributed by atoms with E-state index < -0.39 is 22.2 Å². The Bertz CT molecular complexity index is 453. The van der Waals surface area contributed by atoms with Crippen LogP contribution in [0.3, 0.4) is 0 Å². The van der Waals surface area contributed by atoms with Crippen molar-refractivity contribution in [1.82, 2.24) is 8.61 Å². The van der Waals surface area contributed by atoms with E-state index in [1.165, 1.54) is 8.61 Å². The summed E-state index contributed by atoms with van der Waals surface area (Å²) in [6.07, 6.45) is 2.53. The van der Waals surface area contributed by atoms with E-state index in [1.807, 2.05) is 6.92 Å². The van der Waals surface area contributed by atoms with E-state index in [2.05, 4.69) is 0 Å². The van der Waals surface area contributed by atoms with Gasteiger partial charge in [0, 0.05) is 19.1 Å². The molecule has 0 amide bonds. The number of hydrogen-bond donors (Lipinski definition) is 1. The molecule has 0 aliphatic carbocycles. The first-order chi connectivity index (χ1) is 9.43. The molecule has 20 heavy (non-hydrogen) atoms. The number of carboxylic acids is 1. The van der Waals surface area contributed by atoms with Gasteiger partial charge in [0.15, 0.2) is 0 Å². The maximum absolute atomic E-state index is 12.7. The van der Waals surface area contributed by atoms with Crippen molar-refractivity contribution in [3.63, 3.8) is 0 Å². The molecule has 0 radical (unpaired) electrons. The average molecular weight is 306 g/mol. The third kappa shape index (κ3) is 3.30. The van der Waals surface area contributed by atoms with Gasteiger partial charge in [-0.2, -0.15) is 17.0 Å². The van der Waals surface area contributed by atoms with E-state index >= 15 is 0 Å². The van der Waals surface area contributed by atoms with Crippen LogP contribution in [0.2, 0.25) is 0 Å². The van der Waals surface area contributed by atoms with E-state index in [0.717, 1.165) is 19.3 Å². The van der Waals surface area contributed by atoms with Crippen LogP contribution < -0.4 is 0 Å². The minimum Gasteiger partial charge on any atom is -0.481 e. The Hall–Kier alpha value is -0.700. The van der Waals surface area contributed by atoms with Gasteiger partial charge in [0.2, 0.25) is 0 Å². The number of nitrogens with zero attached hydrogens (tertiary/aromatic N) is 2. The van der Waals surface area contributed by atoms with E-state index in [9.17, 15) is 13.2 Å². The van der Waals surface area contributed by atoms with Gasteiger partial charge in [0.1, 0.15) is 0 Å². The van der Waals surface area contributed by atoms with Crippen molar-refractivity contribution in [3.8, 4) is 0 Å². The molecule has 2 heterocycles. The van der Waals surface area contributed by atoms with Gasteiger partial charge in [-0.1, -0.05) is 6.42 Å². The average Bonchev–Trinajstić information content (AvgIpc) is 2.38. The van der Waals surface area contributed by atoms with Crippen LogP contribution in [0.4, 0.5) is 0 Å². The summed E-state index contributed by atoms with van der Waals surface area (Å²) < 4.78 is 33.5. The summed E-state index contributed by atoms with van der Waals surface area (Å²) in [7, 11) is -3.61. The number of carbonyl (C=O) groups is 1. The molecule has 0 bridgehead atoms. The number of aliphatic carboxylic acids is 1. The lowest BCUT2D eigenvalue weighted by atomic mass is 10.1. The van der Waals surface area contributed by atoms with E-state index in [-0.39, 0.29) is 25.6 Å². The minimum atomic E-state index is -3.61. The molecule has 2 saturated heterocycles. The summed E-state index contributed by atoms with van der Waals surface area (Å²) in [5.74, 6) is -1.01. The maximum atomic E-state index is 12.7. The second-order valence-electron chi connectivity index (χ2n) is 5.40. The Balaban J connectivity index is 2.18. The monoisotopic (exact) mass is 306 g/mol. The fourth-order valence-corrected chi connectivity index (χ4v) is 4.86. The highest BCUT2D eigenvalue weighted by Gasteiger charge is 2.40. The normalized spacial score (nSPS) is 30.2. The Morgan fingerprint density at radius 3 is 2.70 bits per heavy atom. The van der Waals surface area contributed by atoms with Gasteiger partial charge in [-0.3, -0.25) is 4.79 Å².